The summed E-state index contributed by atoms with van der Waals surface area (Å²) in [5.41, 5.74) is 0. The minimum atomic E-state index is -1.13. The summed E-state index contributed by atoms with van der Waals surface area (Å²) in [6, 6.07) is 1.43. The highest BCUT2D eigenvalue weighted by Crippen LogP contribution is 2.35. The van der Waals surface area contributed by atoms with Crippen LogP contribution in [0.1, 0.15) is 32.1 Å². The van der Waals surface area contributed by atoms with Crippen molar-refractivity contribution in [3.63, 3.8) is 0 Å². The predicted molar refractivity (Wildman–Crippen MR) is 78.3 cm³/mol. The first kappa shape index (κ1) is 16.0. The molecule has 0 aliphatic carbocycles. The molecule has 2 N–H and O–H groups in total. The minimum Gasteiger partial charge on any atom is -0.465 e. The van der Waals surface area contributed by atoms with E-state index in [9.17, 15) is 19.1 Å². The van der Waals surface area contributed by atoms with Crippen LogP contribution < -0.4 is 5.32 Å². The molecule has 2 unspecified atom stereocenters. The number of amides is 2. The van der Waals surface area contributed by atoms with E-state index in [-0.39, 0.29) is 43.5 Å². The van der Waals surface area contributed by atoms with Gasteiger partial charge in [-0.15, -0.1) is 0 Å². The maximum atomic E-state index is 13.4. The fourth-order valence-corrected chi connectivity index (χ4v) is 4.17. The smallest absolute Gasteiger partial charge is 0.407 e. The summed E-state index contributed by atoms with van der Waals surface area (Å²) in [7, 11) is 0. The third-order valence-corrected chi connectivity index (χ3v) is 5.22. The van der Waals surface area contributed by atoms with Crippen LogP contribution in [0.5, 0.6) is 0 Å². The number of carbonyl (C=O) groups excluding carboxylic acids is 1. The molecular weight excluding hydrogens is 303 g/mol. The van der Waals surface area contributed by atoms with Gasteiger partial charge in [-0.25, -0.2) is 9.18 Å². The second kappa shape index (κ2) is 6.32. The van der Waals surface area contributed by atoms with Gasteiger partial charge in [-0.05, 0) is 25.7 Å². The quantitative estimate of drug-likeness (QED) is 0.797. The molecule has 4 atom stereocenters. The van der Waals surface area contributed by atoms with Gasteiger partial charge in [-0.3, -0.25) is 4.79 Å². The van der Waals surface area contributed by atoms with Crippen LogP contribution in [-0.2, 0) is 4.79 Å². The van der Waals surface area contributed by atoms with Gasteiger partial charge in [-0.2, -0.15) is 5.26 Å². The highest BCUT2D eigenvalue weighted by molar-refractivity contribution is 5.79. The maximum absolute atomic E-state index is 13.4. The largest absolute Gasteiger partial charge is 0.465 e. The molecule has 3 saturated heterocycles. The van der Waals surface area contributed by atoms with Crippen LogP contribution in [0.3, 0.4) is 0 Å². The Morgan fingerprint density at radius 3 is 2.48 bits per heavy atom. The number of hydrogen-bond donors (Lipinski definition) is 2. The van der Waals surface area contributed by atoms with Crippen LogP contribution >= 0.6 is 0 Å². The topological polar surface area (TPSA) is 96.7 Å². The van der Waals surface area contributed by atoms with Crippen LogP contribution in [0, 0.1) is 11.3 Å². The number of piperidine rings is 1. The van der Waals surface area contributed by atoms with E-state index in [1.165, 1.54) is 4.90 Å². The van der Waals surface area contributed by atoms with E-state index in [2.05, 4.69) is 5.32 Å². The molecule has 0 aromatic heterocycles. The molecule has 7 nitrogen and oxygen atoms in total. The number of alkyl halides is 1. The normalized spacial score (nSPS) is 36.1. The molecule has 0 aromatic carbocycles. The number of carbonyl (C=O) groups is 2. The Morgan fingerprint density at radius 2 is 1.91 bits per heavy atom. The first-order valence-electron chi connectivity index (χ1n) is 8.07. The monoisotopic (exact) mass is 324 g/mol. The molecule has 126 valence electrons. The van der Waals surface area contributed by atoms with Gasteiger partial charge in [0.15, 0.2) is 0 Å². The molecule has 2 amide bonds. The number of nitrogens with zero attached hydrogens (tertiary/aromatic N) is 3. The van der Waals surface area contributed by atoms with Crippen molar-refractivity contribution in [3.05, 3.63) is 0 Å². The Bertz CT molecular complexity index is 523. The van der Waals surface area contributed by atoms with Crippen LogP contribution in [0.15, 0.2) is 0 Å². The van der Waals surface area contributed by atoms with Crippen molar-refractivity contribution < 1.29 is 19.1 Å². The second-order valence-corrected chi connectivity index (χ2v) is 6.65. The number of hydrogen-bond acceptors (Lipinski definition) is 4. The molecular formula is C15H21FN4O3. The molecule has 2 bridgehead atoms. The van der Waals surface area contributed by atoms with Crippen LogP contribution in [0.2, 0.25) is 0 Å². The third kappa shape index (κ3) is 3.11. The Hall–Kier alpha value is -1.88. The van der Waals surface area contributed by atoms with Crippen molar-refractivity contribution in [1.82, 2.24) is 15.1 Å². The van der Waals surface area contributed by atoms with E-state index in [1.54, 1.807) is 4.90 Å². The van der Waals surface area contributed by atoms with Gasteiger partial charge in [0.2, 0.25) is 5.91 Å². The molecule has 23 heavy (non-hydrogen) atoms. The van der Waals surface area contributed by atoms with Crippen molar-refractivity contribution >= 4 is 12.0 Å². The average molecular weight is 324 g/mol. The van der Waals surface area contributed by atoms with E-state index in [1.807, 2.05) is 6.07 Å². The van der Waals surface area contributed by atoms with Crippen molar-refractivity contribution in [3.8, 4) is 6.07 Å². The summed E-state index contributed by atoms with van der Waals surface area (Å²) in [5, 5.41) is 21.4. The highest BCUT2D eigenvalue weighted by atomic mass is 19.1. The number of carboxylic acid groups (broad SMARTS) is 1. The van der Waals surface area contributed by atoms with Gasteiger partial charge in [0.1, 0.15) is 12.2 Å². The van der Waals surface area contributed by atoms with Gasteiger partial charge in [0, 0.05) is 24.5 Å². The lowest BCUT2D eigenvalue weighted by Crippen LogP contribution is -2.52. The Morgan fingerprint density at radius 1 is 1.26 bits per heavy atom. The van der Waals surface area contributed by atoms with Crippen molar-refractivity contribution in [2.45, 2.75) is 62.4 Å². The molecule has 3 aliphatic rings. The molecule has 3 aliphatic heterocycles. The molecule has 8 heteroatoms. The fourth-order valence-electron chi connectivity index (χ4n) is 4.17. The SMILES string of the molecule is N#C[C@@H]1C[C@H](F)CN1C(=O)CNC1CC2CCC(C1)N2C(=O)O. The maximum Gasteiger partial charge on any atom is 0.407 e. The third-order valence-electron chi connectivity index (χ3n) is 5.22. The van der Waals surface area contributed by atoms with Gasteiger partial charge >= 0.3 is 6.09 Å². The lowest BCUT2D eigenvalue weighted by molar-refractivity contribution is -0.130. The van der Waals surface area contributed by atoms with Gasteiger partial charge in [0.25, 0.3) is 0 Å². The van der Waals surface area contributed by atoms with Gasteiger partial charge < -0.3 is 20.2 Å². The first-order valence-corrected chi connectivity index (χ1v) is 8.07. The molecule has 3 rings (SSSR count). The first-order chi connectivity index (χ1) is 11.0. The lowest BCUT2D eigenvalue weighted by atomic mass is 9.98. The zero-order valence-electron chi connectivity index (χ0n) is 12.8. The summed E-state index contributed by atoms with van der Waals surface area (Å²) in [4.78, 5) is 26.3. The summed E-state index contributed by atoms with van der Waals surface area (Å²) < 4.78 is 13.4. The number of fused-ring (bicyclic) bond motifs is 2. The highest BCUT2D eigenvalue weighted by Gasteiger charge is 2.43. The molecule has 0 saturated carbocycles. The van der Waals surface area contributed by atoms with Crippen molar-refractivity contribution in [2.24, 2.45) is 0 Å². The zero-order chi connectivity index (χ0) is 16.6. The van der Waals surface area contributed by atoms with E-state index in [0.717, 1.165) is 12.8 Å². The van der Waals surface area contributed by atoms with E-state index >= 15 is 0 Å². The standard InChI is InChI=1S/C15H21FN4O3/c16-9-3-13(6-17)19(8-9)14(21)7-18-10-4-11-1-2-12(5-10)20(11)15(22)23/h9-13,18H,1-5,7-8H2,(H,22,23)/t9-,10?,11?,12?,13-/m0/s1. The van der Waals surface area contributed by atoms with Gasteiger partial charge in [-0.1, -0.05) is 0 Å². The average Bonchev–Trinajstić information content (AvgIpc) is 3.02. The van der Waals surface area contributed by atoms with Gasteiger partial charge in [0.05, 0.1) is 19.2 Å². The number of nitriles is 1. The molecule has 3 heterocycles. The van der Waals surface area contributed by atoms with E-state index in [4.69, 9.17) is 5.26 Å². The number of likely N-dealkylation sites (tertiary alicyclic amines) is 1. The molecule has 3 fully saturated rings. The summed E-state index contributed by atoms with van der Waals surface area (Å²) in [6.07, 6.45) is 1.23. The zero-order valence-corrected chi connectivity index (χ0v) is 12.8. The predicted octanol–water partition coefficient (Wildman–Crippen LogP) is 0.712. The van der Waals surface area contributed by atoms with E-state index in [0.29, 0.717) is 12.8 Å². The number of nitrogens with one attached hydrogen (secondary N) is 1. The van der Waals surface area contributed by atoms with Crippen LogP contribution in [0.4, 0.5) is 9.18 Å². The Labute approximate surface area is 134 Å². The Kier molecular flexibility index (Phi) is 4.39. The molecule has 0 radical (unpaired) electrons. The van der Waals surface area contributed by atoms with Crippen molar-refractivity contribution in [2.75, 3.05) is 13.1 Å². The summed E-state index contributed by atoms with van der Waals surface area (Å²) in [5.74, 6) is -0.260. The van der Waals surface area contributed by atoms with Crippen LogP contribution in [-0.4, -0.2) is 70.3 Å². The van der Waals surface area contributed by atoms with Crippen molar-refractivity contribution in [1.29, 1.82) is 5.26 Å². The van der Waals surface area contributed by atoms with E-state index < -0.39 is 18.3 Å². The Balaban J connectivity index is 1.51. The molecule has 0 spiro atoms. The van der Waals surface area contributed by atoms with Crippen LogP contribution in [0.25, 0.3) is 0 Å². The minimum absolute atomic E-state index is 0.0125. The fraction of sp³-hybridized carbons (Fsp3) is 0.800. The second-order valence-electron chi connectivity index (χ2n) is 6.65. The number of rotatable bonds is 3. The molecule has 0 aromatic rings. The lowest BCUT2D eigenvalue weighted by Gasteiger charge is -2.37. The summed E-state index contributed by atoms with van der Waals surface area (Å²) >= 11 is 0. The summed E-state index contributed by atoms with van der Waals surface area (Å²) in [6.45, 7) is 0.0591. The number of halogens is 1.